The second-order valence-electron chi connectivity index (χ2n) is 4.97. The van der Waals surface area contributed by atoms with Crippen LogP contribution in [0.25, 0.3) is 11.3 Å². The first kappa shape index (κ1) is 14.9. The first-order valence-electron chi connectivity index (χ1n) is 7.14. The van der Waals surface area contributed by atoms with Crippen molar-refractivity contribution in [3.05, 3.63) is 30.0 Å². The lowest BCUT2D eigenvalue weighted by Crippen LogP contribution is -2.07. The molecule has 1 aliphatic rings. The van der Waals surface area contributed by atoms with Gasteiger partial charge >= 0.3 is 5.97 Å². The van der Waals surface area contributed by atoms with Gasteiger partial charge < -0.3 is 4.74 Å². The molecule has 0 N–H and O–H groups in total. The fraction of sp³-hybridized carbons (Fsp3) is 0.400. The van der Waals surface area contributed by atoms with Crippen LogP contribution in [-0.2, 0) is 4.74 Å². The van der Waals surface area contributed by atoms with E-state index in [-0.39, 0.29) is 0 Å². The summed E-state index contributed by atoms with van der Waals surface area (Å²) in [6.07, 6.45) is 5.62. The van der Waals surface area contributed by atoms with Crippen LogP contribution in [0, 0.1) is 0 Å². The van der Waals surface area contributed by atoms with Crippen molar-refractivity contribution in [1.29, 1.82) is 0 Å². The summed E-state index contributed by atoms with van der Waals surface area (Å²) >= 11 is 1.54. The smallest absolute Gasteiger partial charge is 0.357 e. The summed E-state index contributed by atoms with van der Waals surface area (Å²) in [7, 11) is 1.35. The Hall–Kier alpha value is -2.02. The van der Waals surface area contributed by atoms with Gasteiger partial charge in [0.15, 0.2) is 11.5 Å². The molecule has 2 heterocycles. The molecule has 0 radical (unpaired) electrons. The highest BCUT2D eigenvalue weighted by atomic mass is 32.2. The number of carbonyl (C=O) groups is 1. The summed E-state index contributed by atoms with van der Waals surface area (Å²) in [5.41, 5.74) is 1.78. The zero-order chi connectivity index (χ0) is 15.5. The molecular weight excluding hydrogens is 300 g/mol. The largest absolute Gasteiger partial charge is 0.464 e. The van der Waals surface area contributed by atoms with Gasteiger partial charge in [-0.15, -0.1) is 22.0 Å². The summed E-state index contributed by atoms with van der Waals surface area (Å²) in [5, 5.41) is 8.41. The highest BCUT2D eigenvalue weighted by Crippen LogP contribution is 2.37. The Morgan fingerprint density at radius 1 is 1.32 bits per heavy atom. The number of thioether (sulfide) groups is 1. The lowest BCUT2D eigenvalue weighted by atomic mass is 10.2. The van der Waals surface area contributed by atoms with E-state index in [1.165, 1.54) is 7.11 Å². The third-order valence-corrected chi connectivity index (χ3v) is 4.26. The van der Waals surface area contributed by atoms with Crippen molar-refractivity contribution in [2.45, 2.75) is 30.6 Å². The van der Waals surface area contributed by atoms with Crippen molar-refractivity contribution in [2.24, 2.45) is 0 Å². The quantitative estimate of drug-likeness (QED) is 0.620. The van der Waals surface area contributed by atoms with E-state index in [1.807, 2.05) is 13.0 Å². The number of methoxy groups -OCH3 is 1. The average molecular weight is 316 g/mol. The maximum Gasteiger partial charge on any atom is 0.357 e. The van der Waals surface area contributed by atoms with Gasteiger partial charge in [0.2, 0.25) is 0 Å². The highest BCUT2D eigenvalue weighted by molar-refractivity contribution is 7.99. The Balaban J connectivity index is 1.92. The van der Waals surface area contributed by atoms with E-state index in [2.05, 4.69) is 20.2 Å². The van der Waals surface area contributed by atoms with Gasteiger partial charge in [-0.3, -0.25) is 0 Å². The Kier molecular flexibility index (Phi) is 4.33. The van der Waals surface area contributed by atoms with Crippen LogP contribution in [0.2, 0.25) is 0 Å². The third kappa shape index (κ3) is 3.09. The van der Waals surface area contributed by atoms with E-state index >= 15 is 0 Å². The molecule has 0 bridgehead atoms. The van der Waals surface area contributed by atoms with Crippen LogP contribution in [0.4, 0.5) is 0 Å². The molecule has 0 aliphatic heterocycles. The molecule has 22 heavy (non-hydrogen) atoms. The fourth-order valence-corrected chi connectivity index (χ4v) is 2.84. The van der Waals surface area contributed by atoms with E-state index < -0.39 is 5.97 Å². The van der Waals surface area contributed by atoms with Crippen LogP contribution < -0.4 is 0 Å². The molecule has 7 heteroatoms. The van der Waals surface area contributed by atoms with Crippen molar-refractivity contribution in [3.8, 4) is 11.3 Å². The summed E-state index contributed by atoms with van der Waals surface area (Å²) in [5.74, 6) is 1.69. The Bertz CT molecular complexity index is 686. The van der Waals surface area contributed by atoms with Gasteiger partial charge in [-0.25, -0.2) is 14.8 Å². The van der Waals surface area contributed by atoms with Gasteiger partial charge in [0.1, 0.15) is 5.69 Å². The SMILES string of the molecule is CCSc1cc(-c2cnc(C3CC3)nn2)cnc1C(=O)OC. The number of hydrogen-bond donors (Lipinski definition) is 0. The number of ether oxygens (including phenoxy) is 1. The predicted molar refractivity (Wildman–Crippen MR) is 82.8 cm³/mol. The number of pyridine rings is 1. The van der Waals surface area contributed by atoms with Crippen molar-refractivity contribution in [3.63, 3.8) is 0 Å². The molecule has 114 valence electrons. The van der Waals surface area contributed by atoms with Gasteiger partial charge in [0, 0.05) is 22.6 Å². The minimum atomic E-state index is -0.434. The third-order valence-electron chi connectivity index (χ3n) is 3.35. The van der Waals surface area contributed by atoms with Gasteiger partial charge in [-0.2, -0.15) is 0 Å². The van der Waals surface area contributed by atoms with Crippen molar-refractivity contribution >= 4 is 17.7 Å². The Morgan fingerprint density at radius 2 is 2.14 bits per heavy atom. The molecular formula is C15H16N4O2S. The predicted octanol–water partition coefficient (Wildman–Crippen LogP) is 2.71. The van der Waals surface area contributed by atoms with Crippen LogP contribution in [0.15, 0.2) is 23.4 Å². The lowest BCUT2D eigenvalue weighted by Gasteiger charge is -2.08. The minimum Gasteiger partial charge on any atom is -0.464 e. The molecule has 0 amide bonds. The molecule has 0 atom stereocenters. The summed E-state index contributed by atoms with van der Waals surface area (Å²) in [6, 6.07) is 1.88. The standard InChI is InChI=1S/C15H16N4O2S/c1-3-22-12-6-10(7-16-13(12)15(20)21-2)11-8-17-14(19-18-11)9-4-5-9/h6-9H,3-5H2,1-2H3. The average Bonchev–Trinajstić information content (AvgIpc) is 3.39. The summed E-state index contributed by atoms with van der Waals surface area (Å²) in [4.78, 5) is 21.1. The molecule has 0 aromatic carbocycles. The van der Waals surface area contributed by atoms with Crippen molar-refractivity contribution in [2.75, 3.05) is 12.9 Å². The van der Waals surface area contributed by atoms with E-state index in [0.29, 0.717) is 17.3 Å². The second kappa shape index (κ2) is 6.39. The molecule has 1 fully saturated rings. The fourth-order valence-electron chi connectivity index (χ4n) is 2.05. The lowest BCUT2D eigenvalue weighted by molar-refractivity contribution is 0.0589. The number of aromatic nitrogens is 4. The Morgan fingerprint density at radius 3 is 2.73 bits per heavy atom. The number of hydrogen-bond acceptors (Lipinski definition) is 7. The van der Waals surface area contributed by atoms with Crippen LogP contribution >= 0.6 is 11.8 Å². The molecule has 2 aromatic heterocycles. The number of esters is 1. The van der Waals surface area contributed by atoms with Gasteiger partial charge in [0.25, 0.3) is 0 Å². The molecule has 0 saturated heterocycles. The number of carbonyl (C=O) groups excluding carboxylic acids is 1. The summed E-state index contributed by atoms with van der Waals surface area (Å²) < 4.78 is 4.76. The number of rotatable bonds is 5. The van der Waals surface area contributed by atoms with Gasteiger partial charge in [-0.1, -0.05) is 6.92 Å². The molecule has 3 rings (SSSR count). The van der Waals surface area contributed by atoms with Crippen molar-refractivity contribution in [1.82, 2.24) is 20.2 Å². The van der Waals surface area contributed by atoms with E-state index in [9.17, 15) is 4.79 Å². The van der Waals surface area contributed by atoms with Gasteiger partial charge in [0.05, 0.1) is 13.3 Å². The molecule has 0 unspecified atom stereocenters. The zero-order valence-electron chi connectivity index (χ0n) is 12.4. The van der Waals surface area contributed by atoms with E-state index in [4.69, 9.17) is 4.74 Å². The van der Waals surface area contributed by atoms with Crippen molar-refractivity contribution < 1.29 is 9.53 Å². The van der Waals surface area contributed by atoms with Crippen LogP contribution in [0.1, 0.15) is 42.0 Å². The summed E-state index contributed by atoms with van der Waals surface area (Å²) in [6.45, 7) is 2.02. The molecule has 0 spiro atoms. The van der Waals surface area contributed by atoms with Crippen LogP contribution in [0.5, 0.6) is 0 Å². The van der Waals surface area contributed by atoms with E-state index in [1.54, 1.807) is 24.2 Å². The normalized spacial score (nSPS) is 13.9. The van der Waals surface area contributed by atoms with E-state index in [0.717, 1.165) is 34.9 Å². The van der Waals surface area contributed by atoms with Crippen LogP contribution in [-0.4, -0.2) is 39.0 Å². The zero-order valence-corrected chi connectivity index (χ0v) is 13.3. The maximum atomic E-state index is 11.7. The molecule has 1 saturated carbocycles. The maximum absolute atomic E-state index is 11.7. The first-order chi connectivity index (χ1) is 10.7. The number of nitrogens with zero attached hydrogens (tertiary/aromatic N) is 4. The molecule has 1 aliphatic carbocycles. The molecule has 2 aromatic rings. The molecule has 6 nitrogen and oxygen atoms in total. The first-order valence-corrected chi connectivity index (χ1v) is 8.12. The van der Waals surface area contributed by atoms with Gasteiger partial charge in [-0.05, 0) is 24.7 Å². The second-order valence-corrected chi connectivity index (χ2v) is 6.28. The van der Waals surface area contributed by atoms with Crippen LogP contribution in [0.3, 0.4) is 0 Å². The minimum absolute atomic E-state index is 0.327. The highest BCUT2D eigenvalue weighted by Gasteiger charge is 2.27. The Labute approximate surface area is 132 Å². The monoisotopic (exact) mass is 316 g/mol. The topological polar surface area (TPSA) is 77.9 Å².